The van der Waals surface area contributed by atoms with E-state index in [0.717, 1.165) is 17.8 Å². The second-order valence-electron chi connectivity index (χ2n) is 5.95. The number of hydrogen-bond acceptors (Lipinski definition) is 5. The zero-order chi connectivity index (χ0) is 17.3. The fourth-order valence-electron chi connectivity index (χ4n) is 2.89. The molecule has 3 heterocycles. The van der Waals surface area contributed by atoms with Gasteiger partial charge in [-0.05, 0) is 33.3 Å². The van der Waals surface area contributed by atoms with Crippen molar-refractivity contribution in [3.8, 4) is 0 Å². The summed E-state index contributed by atoms with van der Waals surface area (Å²) in [5, 5.41) is 7.24. The van der Waals surface area contributed by atoms with Gasteiger partial charge in [0.25, 0.3) is 5.91 Å². The summed E-state index contributed by atoms with van der Waals surface area (Å²) >= 11 is 0. The molecule has 8 heteroatoms. The predicted molar refractivity (Wildman–Crippen MR) is 87.1 cm³/mol. The van der Waals surface area contributed by atoms with Gasteiger partial charge in [-0.15, -0.1) is 0 Å². The van der Waals surface area contributed by atoms with Crippen molar-refractivity contribution in [1.29, 1.82) is 0 Å². The number of rotatable bonds is 4. The van der Waals surface area contributed by atoms with Crippen molar-refractivity contribution in [3.63, 3.8) is 0 Å². The third-order valence-electron chi connectivity index (χ3n) is 4.02. The molecule has 1 N–H and O–H groups in total. The molecular weight excluding hydrogens is 310 g/mol. The summed E-state index contributed by atoms with van der Waals surface area (Å²) in [5.41, 5.74) is 3.43. The topological polar surface area (TPSA) is 88.8 Å². The van der Waals surface area contributed by atoms with Gasteiger partial charge in [0.1, 0.15) is 5.56 Å². The third kappa shape index (κ3) is 3.04. The van der Waals surface area contributed by atoms with Crippen LogP contribution >= 0.6 is 0 Å². The molecule has 1 fully saturated rings. The van der Waals surface area contributed by atoms with Crippen molar-refractivity contribution < 1.29 is 14.3 Å². The monoisotopic (exact) mass is 331 g/mol. The van der Waals surface area contributed by atoms with Crippen molar-refractivity contribution in [2.75, 3.05) is 26.2 Å². The Hall–Kier alpha value is -2.64. The zero-order valence-corrected chi connectivity index (χ0v) is 14.1. The highest BCUT2D eigenvalue weighted by atomic mass is 16.6. The minimum absolute atomic E-state index is 0.231. The summed E-state index contributed by atoms with van der Waals surface area (Å²) in [6, 6.07) is 1.92. The Balaban J connectivity index is 1.72. The summed E-state index contributed by atoms with van der Waals surface area (Å²) in [6.45, 7) is 7.51. The van der Waals surface area contributed by atoms with E-state index in [4.69, 9.17) is 4.74 Å². The Kier molecular flexibility index (Phi) is 4.37. The Morgan fingerprint density at radius 2 is 2.17 bits per heavy atom. The van der Waals surface area contributed by atoms with E-state index >= 15 is 0 Å². The van der Waals surface area contributed by atoms with Crippen LogP contribution in [0.2, 0.25) is 0 Å². The van der Waals surface area contributed by atoms with Crippen LogP contribution in [-0.2, 0) is 4.74 Å². The molecule has 2 aromatic heterocycles. The molecule has 0 atom stereocenters. The SMILES string of the molecule is Cc1cc(C)n2nc(C)c(C(=O)NCCN3CCCOC3=O)c2n1. The number of cyclic esters (lactones) is 1. The highest BCUT2D eigenvalue weighted by molar-refractivity contribution is 6.01. The van der Waals surface area contributed by atoms with Gasteiger partial charge < -0.3 is 15.0 Å². The van der Waals surface area contributed by atoms with Crippen molar-refractivity contribution in [2.24, 2.45) is 0 Å². The van der Waals surface area contributed by atoms with Crippen molar-refractivity contribution >= 4 is 17.6 Å². The summed E-state index contributed by atoms with van der Waals surface area (Å²) in [5.74, 6) is -0.231. The first-order valence-electron chi connectivity index (χ1n) is 8.01. The summed E-state index contributed by atoms with van der Waals surface area (Å²) in [6.07, 6.45) is 0.491. The van der Waals surface area contributed by atoms with E-state index in [-0.39, 0.29) is 12.0 Å². The second kappa shape index (κ2) is 6.46. The second-order valence-corrected chi connectivity index (χ2v) is 5.95. The van der Waals surface area contributed by atoms with Crippen LogP contribution in [0.15, 0.2) is 6.07 Å². The van der Waals surface area contributed by atoms with E-state index in [1.165, 1.54) is 0 Å². The number of nitrogens with one attached hydrogen (secondary N) is 1. The van der Waals surface area contributed by atoms with Gasteiger partial charge in [0.15, 0.2) is 5.65 Å². The lowest BCUT2D eigenvalue weighted by Crippen LogP contribution is -2.42. The first-order valence-corrected chi connectivity index (χ1v) is 8.01. The van der Waals surface area contributed by atoms with E-state index in [2.05, 4.69) is 15.4 Å². The van der Waals surface area contributed by atoms with Crippen LogP contribution in [0, 0.1) is 20.8 Å². The molecule has 1 aliphatic rings. The van der Waals surface area contributed by atoms with Crippen molar-refractivity contribution in [1.82, 2.24) is 24.8 Å². The van der Waals surface area contributed by atoms with Crippen LogP contribution in [0.5, 0.6) is 0 Å². The fraction of sp³-hybridized carbons (Fsp3) is 0.500. The molecule has 128 valence electrons. The fourth-order valence-corrected chi connectivity index (χ4v) is 2.89. The van der Waals surface area contributed by atoms with Crippen LogP contribution in [-0.4, -0.2) is 57.7 Å². The molecule has 0 spiro atoms. The van der Waals surface area contributed by atoms with Crippen LogP contribution < -0.4 is 5.32 Å². The smallest absolute Gasteiger partial charge is 0.409 e. The Labute approximate surface area is 139 Å². The predicted octanol–water partition coefficient (Wildman–Crippen LogP) is 1.23. The first kappa shape index (κ1) is 16.2. The molecule has 0 aromatic carbocycles. The molecule has 0 bridgehead atoms. The molecule has 1 saturated heterocycles. The van der Waals surface area contributed by atoms with Crippen LogP contribution in [0.4, 0.5) is 4.79 Å². The number of amides is 2. The number of aromatic nitrogens is 3. The lowest BCUT2D eigenvalue weighted by atomic mass is 10.2. The summed E-state index contributed by atoms with van der Waals surface area (Å²) in [7, 11) is 0. The molecule has 0 aliphatic carbocycles. The number of ether oxygens (including phenoxy) is 1. The van der Waals surface area contributed by atoms with Gasteiger partial charge in [-0.3, -0.25) is 4.79 Å². The maximum absolute atomic E-state index is 12.5. The van der Waals surface area contributed by atoms with E-state index in [0.29, 0.717) is 43.1 Å². The molecular formula is C16H21N5O3. The van der Waals surface area contributed by atoms with Crippen molar-refractivity contribution in [3.05, 3.63) is 28.7 Å². The molecule has 0 saturated carbocycles. The average Bonchev–Trinajstić information content (AvgIpc) is 2.85. The van der Waals surface area contributed by atoms with Gasteiger partial charge in [0, 0.05) is 31.0 Å². The molecule has 3 rings (SSSR count). The largest absolute Gasteiger partial charge is 0.449 e. The van der Waals surface area contributed by atoms with E-state index in [1.54, 1.807) is 16.3 Å². The Bertz CT molecular complexity index is 799. The molecule has 0 radical (unpaired) electrons. The van der Waals surface area contributed by atoms with Gasteiger partial charge in [-0.2, -0.15) is 5.10 Å². The third-order valence-corrected chi connectivity index (χ3v) is 4.02. The van der Waals surface area contributed by atoms with Gasteiger partial charge in [-0.25, -0.2) is 14.3 Å². The lowest BCUT2D eigenvalue weighted by molar-refractivity contribution is 0.0719. The highest BCUT2D eigenvalue weighted by Crippen LogP contribution is 2.16. The maximum atomic E-state index is 12.5. The molecule has 2 aromatic rings. The lowest BCUT2D eigenvalue weighted by Gasteiger charge is -2.26. The highest BCUT2D eigenvalue weighted by Gasteiger charge is 2.21. The standard InChI is InChI=1S/C16H21N5O3/c1-10-9-11(2)21-14(18-10)13(12(3)19-21)15(22)17-5-7-20-6-4-8-24-16(20)23/h9H,4-8H2,1-3H3,(H,17,22). The molecule has 1 aliphatic heterocycles. The Morgan fingerprint density at radius 3 is 2.92 bits per heavy atom. The van der Waals surface area contributed by atoms with E-state index in [1.807, 2.05) is 19.9 Å². The normalized spacial score (nSPS) is 14.8. The number of aryl methyl sites for hydroxylation is 3. The van der Waals surface area contributed by atoms with Crippen LogP contribution in [0.1, 0.15) is 33.9 Å². The number of nitrogens with zero attached hydrogens (tertiary/aromatic N) is 4. The van der Waals surface area contributed by atoms with Crippen LogP contribution in [0.25, 0.3) is 5.65 Å². The average molecular weight is 331 g/mol. The number of carbonyl (C=O) groups is 2. The van der Waals surface area contributed by atoms with Gasteiger partial charge in [-0.1, -0.05) is 0 Å². The van der Waals surface area contributed by atoms with E-state index < -0.39 is 0 Å². The minimum atomic E-state index is -0.324. The maximum Gasteiger partial charge on any atom is 0.409 e. The first-order chi connectivity index (χ1) is 11.5. The molecule has 2 amide bonds. The number of carbonyl (C=O) groups excluding carboxylic acids is 2. The quantitative estimate of drug-likeness (QED) is 0.910. The van der Waals surface area contributed by atoms with Crippen LogP contribution in [0.3, 0.4) is 0 Å². The van der Waals surface area contributed by atoms with Gasteiger partial charge >= 0.3 is 6.09 Å². The Morgan fingerprint density at radius 1 is 1.38 bits per heavy atom. The minimum Gasteiger partial charge on any atom is -0.449 e. The molecule has 8 nitrogen and oxygen atoms in total. The van der Waals surface area contributed by atoms with Gasteiger partial charge in [0.05, 0.1) is 12.3 Å². The van der Waals surface area contributed by atoms with Gasteiger partial charge in [0.2, 0.25) is 0 Å². The summed E-state index contributed by atoms with van der Waals surface area (Å²) in [4.78, 5) is 30.2. The molecule has 24 heavy (non-hydrogen) atoms. The summed E-state index contributed by atoms with van der Waals surface area (Å²) < 4.78 is 6.65. The van der Waals surface area contributed by atoms with Crippen molar-refractivity contribution in [2.45, 2.75) is 27.2 Å². The van der Waals surface area contributed by atoms with E-state index in [9.17, 15) is 9.59 Å². The zero-order valence-electron chi connectivity index (χ0n) is 14.1. The number of hydrogen-bond donors (Lipinski definition) is 1. The number of fused-ring (bicyclic) bond motifs is 1. The molecule has 0 unspecified atom stereocenters.